The number of aliphatic hydroxyl groups is 2. The number of nitrogens with zero attached hydrogens (tertiary/aromatic N) is 2. The van der Waals surface area contributed by atoms with Crippen molar-refractivity contribution < 1.29 is 87.9 Å². The molecule has 0 unspecified atom stereocenters. The number of thioether (sulfide) groups is 2. The number of benzene rings is 3. The standard InChI is InChI=1S/C81H108N16O18S2/c1-7-13-56-72(107)96-67(45(3)99)79(114)94-63(69(82)105)42-117-41-50-17-11-16-49(32-50)40-116-31-29-64(102)95-68(81(4,5)6)80(115)93-60(35-48-21-25-54(101)26-22-48)75(110)91-62(37-52-39-83-43-86-52)77(112)97-66(44(2)98)78(113)92-61(36-51-38-85-70-55(51)18-12-30-84-70)76(111)90-58(33-46-14-9-8-10-15-46)74(109)88-57(27-28-65(103)104)71(106)89-59(73(108)87-56)34-47-19-23-53(100)24-20-47/h11-12,16-26,30,32,38-39,43-46,56-63,66-68,98-101H,7-10,13-15,27-29,31,33-37,40-42H2,1-6H3,(H2,82,105)(H,83,86)(H,84,85)(H,87,108)(H,88,109)(H,89,106)(H,90,111)(H,91,110)(H,92,113)(H,93,115)(H,94,114)(H,95,102)(H,96,107)(H,97,112)(H,103,104)/t44-,45-,56+,57+,58+,59+,60+,61+,62+,63+,66+,67+,68-/m1/s1. The summed E-state index contributed by atoms with van der Waals surface area (Å²) >= 11 is 2.68. The third-order valence-corrected chi connectivity index (χ3v) is 22.3. The van der Waals surface area contributed by atoms with Crippen molar-refractivity contribution in [3.05, 3.63) is 143 Å². The van der Waals surface area contributed by atoms with E-state index in [4.69, 9.17) is 5.73 Å². The molecule has 3 aromatic heterocycles. The van der Waals surface area contributed by atoms with E-state index in [9.17, 15) is 63.9 Å². The van der Waals surface area contributed by atoms with Gasteiger partial charge in [-0.25, -0.2) is 9.97 Å². The second-order valence-corrected chi connectivity index (χ2v) is 32.9. The summed E-state index contributed by atoms with van der Waals surface area (Å²) < 4.78 is 0. The van der Waals surface area contributed by atoms with Crippen molar-refractivity contribution in [2.45, 2.75) is 228 Å². The van der Waals surface area contributed by atoms with Gasteiger partial charge in [0.15, 0.2) is 0 Å². The van der Waals surface area contributed by atoms with Crippen LogP contribution in [0.2, 0.25) is 0 Å². The van der Waals surface area contributed by atoms with Crippen molar-refractivity contribution >= 4 is 111 Å². The van der Waals surface area contributed by atoms with Crippen molar-refractivity contribution in [3.63, 3.8) is 0 Å². The van der Waals surface area contributed by atoms with E-state index in [1.165, 1.54) is 105 Å². The minimum Gasteiger partial charge on any atom is -0.508 e. The Morgan fingerprint density at radius 2 is 1.05 bits per heavy atom. The van der Waals surface area contributed by atoms with Gasteiger partial charge in [0.25, 0.3) is 0 Å². The average molecular weight is 1660 g/mol. The van der Waals surface area contributed by atoms with E-state index >= 15 is 24.0 Å². The summed E-state index contributed by atoms with van der Waals surface area (Å²) in [6.07, 6.45) is 3.61. The number of rotatable bonds is 18. The van der Waals surface area contributed by atoms with Crippen LogP contribution >= 0.6 is 23.5 Å². The summed E-state index contributed by atoms with van der Waals surface area (Å²) in [7, 11) is 0. The number of H-pyrrole nitrogens is 2. The minimum atomic E-state index is -1.90. The summed E-state index contributed by atoms with van der Waals surface area (Å²) in [5.41, 5.74) is 8.49. The maximum Gasteiger partial charge on any atom is 0.303 e. The zero-order valence-corrected chi connectivity index (χ0v) is 67.9. The van der Waals surface area contributed by atoms with E-state index in [-0.39, 0.29) is 74.5 Å². The fourth-order valence-electron chi connectivity index (χ4n) is 13.7. The molecule has 1 aliphatic heterocycles. The maximum atomic E-state index is 15.4. The van der Waals surface area contributed by atoms with Gasteiger partial charge in [-0.3, -0.25) is 62.3 Å². The monoisotopic (exact) mass is 1660 g/mol. The molecule has 2 aliphatic rings. The van der Waals surface area contributed by atoms with Crippen molar-refractivity contribution in [1.82, 2.24) is 78.4 Å². The Bertz CT molecular complexity index is 4400. The molecule has 117 heavy (non-hydrogen) atoms. The maximum absolute atomic E-state index is 15.4. The highest BCUT2D eigenvalue weighted by atomic mass is 32.2. The number of carboxylic acids is 1. The number of primary amides is 1. The second-order valence-electron chi connectivity index (χ2n) is 30.8. The van der Waals surface area contributed by atoms with Crippen LogP contribution in [0.1, 0.15) is 146 Å². The number of aromatic hydroxyl groups is 2. The lowest BCUT2D eigenvalue weighted by Crippen LogP contribution is -2.63. The normalized spacial score (nSPS) is 24.1. The molecule has 1 saturated carbocycles. The fourth-order valence-corrected chi connectivity index (χ4v) is 15.6. The van der Waals surface area contributed by atoms with Crippen LogP contribution < -0.4 is 64.2 Å². The number of aliphatic hydroxyl groups excluding tert-OH is 2. The number of nitrogens with one attached hydrogen (secondary N) is 13. The quantitative estimate of drug-likeness (QED) is 0.0583. The Kier molecular flexibility index (Phi) is 34.6. The van der Waals surface area contributed by atoms with E-state index in [0.29, 0.717) is 63.5 Å². The molecule has 0 spiro atoms. The Morgan fingerprint density at radius 3 is 1.60 bits per heavy atom. The number of aliphatic carboxylic acids is 1. The van der Waals surface area contributed by atoms with Crippen LogP contribution in [0.5, 0.6) is 11.5 Å². The van der Waals surface area contributed by atoms with Crippen LogP contribution in [-0.2, 0) is 99.5 Å². The van der Waals surface area contributed by atoms with Crippen LogP contribution in [0.4, 0.5) is 0 Å². The molecule has 0 radical (unpaired) electrons. The van der Waals surface area contributed by atoms with Crippen LogP contribution in [0.25, 0.3) is 11.0 Å². The van der Waals surface area contributed by atoms with E-state index in [1.807, 2.05) is 24.3 Å². The molecule has 1 aliphatic carbocycles. The van der Waals surface area contributed by atoms with E-state index in [1.54, 1.807) is 46.0 Å². The second kappa shape index (κ2) is 44.3. The number of hydrogen-bond donors (Lipinski definition) is 19. The zero-order valence-electron chi connectivity index (χ0n) is 66.2. The Hall–Kier alpha value is -11.1. The number of pyridine rings is 1. The lowest BCUT2D eigenvalue weighted by atomic mass is 9.84. The summed E-state index contributed by atoms with van der Waals surface area (Å²) in [6, 6.07) is 4.78. The lowest BCUT2D eigenvalue weighted by molar-refractivity contribution is -0.139. The Balaban J connectivity index is 1.16. The van der Waals surface area contributed by atoms with Crippen LogP contribution in [0.15, 0.2) is 110 Å². The molecule has 20 N–H and O–H groups in total. The van der Waals surface area contributed by atoms with E-state index < -0.39 is 174 Å². The summed E-state index contributed by atoms with van der Waals surface area (Å²) in [6.45, 7) is 9.24. The SMILES string of the molecule is CCC[C@@H]1NC(=O)[C@H](Cc2ccc(O)cc2)NC(=O)[C@H](CCC(=O)O)NC(=O)[C@H](CC2CCCCC2)NC(=O)[C@H](Cc2c[nH]c3ncccc23)NC(=O)[C@H]([C@@H](C)O)NC(=O)[C@H](Cc2cnc[nH]2)NC(=O)[C@H](Cc2ccc(O)cc2)NC(=O)[C@H](C(C)(C)C)NC(=O)CCSCc2cccc(c2)CSC[C@@H](C(N)=O)NC(=O)[C@H]([C@@H](C)O)NC1=O. The smallest absolute Gasteiger partial charge is 0.303 e. The number of hydrogen-bond acceptors (Lipinski definition) is 21. The number of aromatic nitrogens is 4. The van der Waals surface area contributed by atoms with Gasteiger partial charge in [0, 0.05) is 91.2 Å². The average Bonchev–Trinajstić information content (AvgIpc) is 1.68. The summed E-state index contributed by atoms with van der Waals surface area (Å²) in [5, 5.41) is 82.9. The van der Waals surface area contributed by atoms with Gasteiger partial charge in [-0.05, 0) is 109 Å². The number of carboxylic acid groups (broad SMARTS) is 1. The van der Waals surface area contributed by atoms with Crippen molar-refractivity contribution in [2.24, 2.45) is 17.1 Å². The number of imidazole rings is 1. The summed E-state index contributed by atoms with van der Waals surface area (Å²) in [4.78, 5) is 202. The number of fused-ring (bicyclic) bond motifs is 3. The minimum absolute atomic E-state index is 0.0399. The molecule has 4 heterocycles. The first-order chi connectivity index (χ1) is 55.7. The van der Waals surface area contributed by atoms with Crippen LogP contribution in [0.3, 0.4) is 0 Å². The largest absolute Gasteiger partial charge is 0.508 e. The number of aromatic amines is 2. The molecule has 0 saturated heterocycles. The van der Waals surface area contributed by atoms with Crippen LogP contribution in [-0.4, -0.2) is 212 Å². The van der Waals surface area contributed by atoms with Gasteiger partial charge < -0.3 is 99.7 Å². The third-order valence-electron chi connectivity index (χ3n) is 20.1. The molecule has 632 valence electrons. The summed E-state index contributed by atoms with van der Waals surface area (Å²) in [5.74, 6) is -12.1. The molecule has 13 atom stereocenters. The van der Waals surface area contributed by atoms with Gasteiger partial charge in [-0.2, -0.15) is 23.5 Å². The van der Waals surface area contributed by atoms with Gasteiger partial charge in [0.2, 0.25) is 70.9 Å². The number of nitrogens with two attached hydrogens (primary N) is 1. The Morgan fingerprint density at radius 1 is 0.556 bits per heavy atom. The fraction of sp³-hybridized carbons (Fsp3) is 0.494. The van der Waals surface area contributed by atoms with Crippen molar-refractivity contribution in [2.75, 3.05) is 11.5 Å². The van der Waals surface area contributed by atoms with Crippen molar-refractivity contribution in [1.29, 1.82) is 0 Å². The predicted octanol–water partition coefficient (Wildman–Crippen LogP) is 1.80. The predicted molar refractivity (Wildman–Crippen MR) is 435 cm³/mol. The molecule has 8 rings (SSSR count). The van der Waals surface area contributed by atoms with Gasteiger partial charge in [0.05, 0.1) is 18.5 Å². The number of carbonyl (C=O) groups excluding carboxylic acids is 12. The number of carbonyl (C=O) groups is 13. The highest BCUT2D eigenvalue weighted by Crippen LogP contribution is 2.29. The van der Waals surface area contributed by atoms with Gasteiger partial charge in [-0.15, -0.1) is 0 Å². The molecular weight excluding hydrogens is 1550 g/mol. The first kappa shape index (κ1) is 91.4. The van der Waals surface area contributed by atoms with Crippen molar-refractivity contribution in [3.8, 4) is 11.5 Å². The number of phenolic OH excluding ortho intramolecular Hbond substituents is 2. The molecule has 34 nitrogen and oxygen atoms in total. The van der Waals surface area contributed by atoms with Gasteiger partial charge in [0.1, 0.15) is 83.6 Å². The van der Waals surface area contributed by atoms with Gasteiger partial charge >= 0.3 is 5.97 Å². The van der Waals surface area contributed by atoms with Crippen LogP contribution in [0, 0.1) is 11.3 Å². The number of phenols is 2. The lowest BCUT2D eigenvalue weighted by Gasteiger charge is -2.32. The number of amides is 12. The topological polar surface area (TPSA) is 539 Å². The molecule has 36 heteroatoms. The first-order valence-corrected chi connectivity index (χ1v) is 41.4. The molecule has 3 aromatic carbocycles. The molecule has 12 amide bonds. The molecule has 1 fully saturated rings. The Labute approximate surface area is 685 Å². The molecular formula is C81H108N16O18S2. The van der Waals surface area contributed by atoms with Gasteiger partial charge in [-0.1, -0.05) is 115 Å². The highest BCUT2D eigenvalue weighted by molar-refractivity contribution is 7.98. The molecule has 6 aromatic rings. The van der Waals surface area contributed by atoms with E-state index in [0.717, 1.165) is 30.4 Å². The highest BCUT2D eigenvalue weighted by Gasteiger charge is 2.41. The molecule has 2 bridgehead atoms. The first-order valence-electron chi connectivity index (χ1n) is 39.1. The van der Waals surface area contributed by atoms with E-state index in [2.05, 4.69) is 78.4 Å². The third kappa shape index (κ3) is 28.6. The zero-order chi connectivity index (χ0) is 85.0.